The third-order valence-electron chi connectivity index (χ3n) is 6.61. The fraction of sp³-hybridized carbons (Fsp3) is 0.185. The van der Waals surface area contributed by atoms with Gasteiger partial charge in [-0.15, -0.1) is 0 Å². The number of nitrogens with one attached hydrogen (secondary N) is 1. The monoisotopic (exact) mass is 580 g/mol. The lowest BCUT2D eigenvalue weighted by Gasteiger charge is -2.23. The second kappa shape index (κ2) is 10.9. The molecule has 0 unspecified atom stereocenters. The number of amides is 2. The number of methoxy groups -OCH3 is 1. The van der Waals surface area contributed by atoms with Crippen molar-refractivity contribution in [2.24, 2.45) is 7.05 Å². The minimum Gasteiger partial charge on any atom is -0.480 e. The molecule has 0 aliphatic carbocycles. The number of rotatable bonds is 6. The van der Waals surface area contributed by atoms with Crippen LogP contribution in [0.5, 0.6) is 5.88 Å². The number of nitrogens with zero attached hydrogens (tertiary/aromatic N) is 5. The highest BCUT2D eigenvalue weighted by molar-refractivity contribution is 6.39. The van der Waals surface area contributed by atoms with Crippen molar-refractivity contribution in [1.29, 1.82) is 0 Å². The van der Waals surface area contributed by atoms with Gasteiger partial charge in [-0.3, -0.25) is 14.6 Å². The van der Waals surface area contributed by atoms with E-state index >= 15 is 0 Å². The van der Waals surface area contributed by atoms with Gasteiger partial charge >= 0.3 is 6.09 Å². The fourth-order valence-corrected chi connectivity index (χ4v) is 5.14. The topological polar surface area (TPSA) is 140 Å². The first kappa shape index (κ1) is 27.1. The molecule has 4 heterocycles. The van der Waals surface area contributed by atoms with Crippen molar-refractivity contribution in [3.63, 3.8) is 0 Å². The average Bonchev–Trinajstić information content (AvgIpc) is 3.29. The van der Waals surface area contributed by atoms with E-state index in [4.69, 9.17) is 27.9 Å². The second-order valence-electron chi connectivity index (χ2n) is 8.90. The molecule has 0 atom stereocenters. The summed E-state index contributed by atoms with van der Waals surface area (Å²) in [6.45, 7) is 0.439. The number of aldehydes is 1. The smallest absolute Gasteiger partial charge is 0.407 e. The first-order valence-corrected chi connectivity index (χ1v) is 12.8. The first-order chi connectivity index (χ1) is 19.2. The van der Waals surface area contributed by atoms with Crippen molar-refractivity contribution in [3.05, 3.63) is 75.4 Å². The van der Waals surface area contributed by atoms with Crippen LogP contribution in [0.2, 0.25) is 10.0 Å². The molecule has 1 aliphatic heterocycles. The molecule has 2 amide bonds. The number of carbonyl (C=O) groups excluding carboxylic acids is 2. The maximum absolute atomic E-state index is 13.2. The minimum absolute atomic E-state index is 0.112. The summed E-state index contributed by atoms with van der Waals surface area (Å²) in [6.07, 6.45) is 1.63. The largest absolute Gasteiger partial charge is 0.480 e. The molecule has 0 bridgehead atoms. The lowest BCUT2D eigenvalue weighted by molar-refractivity contribution is 0.101. The number of ether oxygens (including phenoxy) is 1. The van der Waals surface area contributed by atoms with Gasteiger partial charge in [0.25, 0.3) is 5.91 Å². The highest BCUT2D eigenvalue weighted by atomic mass is 35.5. The quantitative estimate of drug-likeness (QED) is 0.305. The lowest BCUT2D eigenvalue weighted by atomic mass is 10.1. The van der Waals surface area contributed by atoms with Crippen LogP contribution in [0.1, 0.15) is 32.4 Å². The van der Waals surface area contributed by atoms with E-state index in [0.717, 1.165) is 5.69 Å². The van der Waals surface area contributed by atoms with Gasteiger partial charge in [0.2, 0.25) is 5.88 Å². The summed E-state index contributed by atoms with van der Waals surface area (Å²) in [4.78, 5) is 50.3. The standard InChI is InChI=1S/C27H22Cl2N6O5/c1-34-20-9-11-35(27(38)39)12-19(20)31-24(34)25(37)32-18-5-3-4-16(21(18)28)23-22(29)15(8-10-30-23)17-7-6-14(13-36)26(33-17)40-2/h3-8,10,13H,9,11-12H2,1-2H3,(H,32,37)(H,38,39). The molecular formula is C27H22Cl2N6O5. The summed E-state index contributed by atoms with van der Waals surface area (Å²) < 4.78 is 6.88. The Hall–Kier alpha value is -4.48. The lowest BCUT2D eigenvalue weighted by Crippen LogP contribution is -2.35. The van der Waals surface area contributed by atoms with Gasteiger partial charge in [-0.05, 0) is 24.3 Å². The van der Waals surface area contributed by atoms with Gasteiger partial charge in [0.15, 0.2) is 12.1 Å². The van der Waals surface area contributed by atoms with E-state index in [1.807, 2.05) is 0 Å². The van der Waals surface area contributed by atoms with Gasteiger partial charge in [-0.1, -0.05) is 35.3 Å². The van der Waals surface area contributed by atoms with E-state index in [1.165, 1.54) is 12.0 Å². The molecule has 2 N–H and O–H groups in total. The Morgan fingerprint density at radius 2 is 1.90 bits per heavy atom. The van der Waals surface area contributed by atoms with Crippen LogP contribution in [0.25, 0.3) is 22.5 Å². The van der Waals surface area contributed by atoms with Gasteiger partial charge in [0, 0.05) is 43.0 Å². The van der Waals surface area contributed by atoms with Gasteiger partial charge in [0.1, 0.15) is 0 Å². The normalized spacial score (nSPS) is 12.6. The molecule has 3 aromatic heterocycles. The molecule has 13 heteroatoms. The molecule has 40 heavy (non-hydrogen) atoms. The molecule has 1 aromatic carbocycles. The van der Waals surface area contributed by atoms with Crippen LogP contribution in [0, 0.1) is 0 Å². The number of benzene rings is 1. The number of imidazole rings is 1. The van der Waals surface area contributed by atoms with E-state index in [-0.39, 0.29) is 28.3 Å². The summed E-state index contributed by atoms with van der Waals surface area (Å²) in [7, 11) is 3.14. The molecule has 1 aliphatic rings. The second-order valence-corrected chi connectivity index (χ2v) is 9.65. The van der Waals surface area contributed by atoms with Crippen LogP contribution in [0.3, 0.4) is 0 Å². The zero-order valence-corrected chi connectivity index (χ0v) is 22.8. The van der Waals surface area contributed by atoms with Gasteiger partial charge in [-0.25, -0.2) is 14.8 Å². The molecule has 5 rings (SSSR count). The predicted octanol–water partition coefficient (Wildman–Crippen LogP) is 4.96. The molecule has 0 radical (unpaired) electrons. The summed E-state index contributed by atoms with van der Waals surface area (Å²) >= 11 is 13.5. The number of aromatic nitrogens is 4. The van der Waals surface area contributed by atoms with Crippen LogP contribution < -0.4 is 10.1 Å². The van der Waals surface area contributed by atoms with Crippen molar-refractivity contribution in [2.45, 2.75) is 13.0 Å². The Morgan fingerprint density at radius 3 is 2.62 bits per heavy atom. The number of carboxylic acid groups (broad SMARTS) is 1. The summed E-state index contributed by atoms with van der Waals surface area (Å²) in [5.41, 5.74) is 3.81. The number of anilines is 1. The Balaban J connectivity index is 1.46. The van der Waals surface area contributed by atoms with E-state index < -0.39 is 12.0 Å². The summed E-state index contributed by atoms with van der Waals surface area (Å²) in [5, 5.41) is 12.6. The molecule has 0 saturated carbocycles. The van der Waals surface area contributed by atoms with E-state index in [1.54, 1.807) is 54.2 Å². The number of halogens is 2. The van der Waals surface area contributed by atoms with Crippen molar-refractivity contribution < 1.29 is 24.2 Å². The zero-order chi connectivity index (χ0) is 28.6. The maximum Gasteiger partial charge on any atom is 0.407 e. The summed E-state index contributed by atoms with van der Waals surface area (Å²) in [5.74, 6) is -0.204. The maximum atomic E-state index is 13.2. The van der Waals surface area contributed by atoms with Crippen LogP contribution in [0.4, 0.5) is 10.5 Å². The number of hydrogen-bond acceptors (Lipinski definition) is 7. The Morgan fingerprint density at radius 1 is 1.10 bits per heavy atom. The van der Waals surface area contributed by atoms with Gasteiger partial charge < -0.3 is 24.6 Å². The van der Waals surface area contributed by atoms with Gasteiger partial charge in [0.05, 0.1) is 52.0 Å². The minimum atomic E-state index is -1.03. The highest BCUT2D eigenvalue weighted by Crippen LogP contribution is 2.40. The Labute approximate surface area is 238 Å². The number of pyridine rings is 2. The van der Waals surface area contributed by atoms with Crippen LogP contribution in [-0.4, -0.2) is 61.5 Å². The third-order valence-corrected chi connectivity index (χ3v) is 7.40. The molecule has 0 spiro atoms. The van der Waals surface area contributed by atoms with Crippen molar-refractivity contribution in [3.8, 4) is 28.4 Å². The van der Waals surface area contributed by atoms with E-state index in [0.29, 0.717) is 58.7 Å². The SMILES string of the molecule is COc1nc(-c2ccnc(-c3cccc(NC(=O)c4nc5c(n4C)CCN(C(=O)O)C5)c3Cl)c2Cl)ccc1C=O. The third kappa shape index (κ3) is 4.85. The van der Waals surface area contributed by atoms with Crippen LogP contribution >= 0.6 is 23.2 Å². The predicted molar refractivity (Wildman–Crippen MR) is 148 cm³/mol. The zero-order valence-electron chi connectivity index (χ0n) is 21.3. The van der Waals surface area contributed by atoms with Crippen LogP contribution in [0.15, 0.2) is 42.6 Å². The number of carbonyl (C=O) groups is 3. The molecule has 0 saturated heterocycles. The van der Waals surface area contributed by atoms with Crippen molar-refractivity contribution in [1.82, 2.24) is 24.4 Å². The average molecular weight is 581 g/mol. The number of hydrogen-bond donors (Lipinski definition) is 2. The van der Waals surface area contributed by atoms with Crippen molar-refractivity contribution in [2.75, 3.05) is 19.0 Å². The Kier molecular flexibility index (Phi) is 7.42. The highest BCUT2D eigenvalue weighted by Gasteiger charge is 2.28. The van der Waals surface area contributed by atoms with E-state index in [2.05, 4.69) is 20.3 Å². The molecule has 11 nitrogen and oxygen atoms in total. The van der Waals surface area contributed by atoms with Crippen LogP contribution in [-0.2, 0) is 20.0 Å². The Bertz CT molecular complexity index is 1670. The number of fused-ring (bicyclic) bond motifs is 1. The van der Waals surface area contributed by atoms with Gasteiger partial charge in [-0.2, -0.15) is 0 Å². The molecular weight excluding hydrogens is 559 g/mol. The van der Waals surface area contributed by atoms with E-state index in [9.17, 15) is 19.5 Å². The fourth-order valence-electron chi connectivity index (χ4n) is 4.57. The molecule has 0 fully saturated rings. The van der Waals surface area contributed by atoms with Crippen molar-refractivity contribution >= 4 is 47.2 Å². The molecule has 204 valence electrons. The first-order valence-electron chi connectivity index (χ1n) is 12.0. The molecule has 4 aromatic rings. The summed E-state index contributed by atoms with van der Waals surface area (Å²) in [6, 6.07) is 9.98.